The van der Waals surface area contributed by atoms with Gasteiger partial charge < -0.3 is 24.7 Å². The number of carbonyl (C=O) groups is 2. The number of nitrogens with zero attached hydrogens (tertiary/aromatic N) is 2. The number of aromatic carboxylic acids is 1. The monoisotopic (exact) mass is 639 g/mol. The van der Waals surface area contributed by atoms with Crippen LogP contribution in [0.1, 0.15) is 46.9 Å². The molecule has 1 atom stereocenters. The number of aryl methyl sites for hydroxylation is 1. The summed E-state index contributed by atoms with van der Waals surface area (Å²) in [5, 5.41) is 25.0. The molecule has 242 valence electrons. The molecule has 0 radical (unpaired) electrons. The second kappa shape index (κ2) is 14.5. The number of benzene rings is 2. The highest BCUT2D eigenvalue weighted by Gasteiger charge is 2.38. The quantitative estimate of drug-likeness (QED) is 0.126. The Balaban J connectivity index is 0.000000738. The highest BCUT2D eigenvalue weighted by Crippen LogP contribution is 2.33. The van der Waals surface area contributed by atoms with Gasteiger partial charge in [-0.05, 0) is 63.6 Å². The van der Waals surface area contributed by atoms with Crippen LogP contribution < -0.4 is 10.7 Å². The number of hydrogen-bond donors (Lipinski definition) is 3. The van der Waals surface area contributed by atoms with Crippen molar-refractivity contribution in [3.05, 3.63) is 112 Å². The van der Waals surface area contributed by atoms with E-state index in [1.165, 1.54) is 0 Å². The highest BCUT2D eigenvalue weighted by molar-refractivity contribution is 5.94. The van der Waals surface area contributed by atoms with Crippen LogP contribution in [0.15, 0.2) is 88.6 Å². The van der Waals surface area contributed by atoms with Gasteiger partial charge in [0.25, 0.3) is 0 Å². The van der Waals surface area contributed by atoms with Gasteiger partial charge in [-0.1, -0.05) is 30.9 Å². The molecular formula is C33H32F3N3O7. The summed E-state index contributed by atoms with van der Waals surface area (Å²) in [6.45, 7) is 11.2. The van der Waals surface area contributed by atoms with Crippen LogP contribution in [0.4, 0.5) is 18.9 Å². The number of aromatic nitrogens is 2. The van der Waals surface area contributed by atoms with Gasteiger partial charge in [-0.25, -0.2) is 14.3 Å². The Morgan fingerprint density at radius 3 is 2.39 bits per heavy atom. The third-order valence-corrected chi connectivity index (χ3v) is 6.73. The van der Waals surface area contributed by atoms with Crippen LogP contribution in [0, 0.1) is 13.8 Å². The molecule has 2 aromatic heterocycles. The predicted octanol–water partition coefficient (Wildman–Crippen LogP) is 7.36. The van der Waals surface area contributed by atoms with E-state index < -0.39 is 18.1 Å². The first-order chi connectivity index (χ1) is 21.6. The lowest BCUT2D eigenvalue weighted by Crippen LogP contribution is -2.21. The van der Waals surface area contributed by atoms with E-state index in [1.54, 1.807) is 67.5 Å². The molecule has 0 fully saturated rings. The Kier molecular flexibility index (Phi) is 11.0. The van der Waals surface area contributed by atoms with Crippen molar-refractivity contribution >= 4 is 34.3 Å². The Bertz CT molecular complexity index is 1900. The van der Waals surface area contributed by atoms with Gasteiger partial charge in [0.15, 0.2) is 5.43 Å². The van der Waals surface area contributed by atoms with Crippen LogP contribution in [0.5, 0.6) is 0 Å². The summed E-state index contributed by atoms with van der Waals surface area (Å²) in [5.74, 6) is -2.77. The van der Waals surface area contributed by atoms with Gasteiger partial charge >= 0.3 is 18.1 Å². The van der Waals surface area contributed by atoms with Crippen LogP contribution in [0.25, 0.3) is 28.0 Å². The van der Waals surface area contributed by atoms with Crippen molar-refractivity contribution in [3.63, 3.8) is 0 Å². The molecule has 2 aromatic carbocycles. The van der Waals surface area contributed by atoms with Crippen molar-refractivity contribution in [3.8, 4) is 11.3 Å². The topological polar surface area (TPSA) is 144 Å². The summed E-state index contributed by atoms with van der Waals surface area (Å²) < 4.78 is 45.3. The smallest absolute Gasteiger partial charge is 0.490 e. The number of carboxylic acids is 2. The molecule has 0 saturated carbocycles. The number of anilines is 1. The number of allylic oxidation sites excluding steroid dienone is 4. The number of aliphatic carboxylic acids is 1. The van der Waals surface area contributed by atoms with Crippen molar-refractivity contribution in [2.45, 2.75) is 39.9 Å². The van der Waals surface area contributed by atoms with E-state index in [0.29, 0.717) is 45.0 Å². The zero-order valence-electron chi connectivity index (χ0n) is 25.6. The Morgan fingerprint density at radius 1 is 1.17 bits per heavy atom. The minimum absolute atomic E-state index is 0.144. The maximum absolute atomic E-state index is 13.6. The normalized spacial score (nSPS) is 12.6. The summed E-state index contributed by atoms with van der Waals surface area (Å²) in [6.07, 6.45) is 3.57. The first-order valence-corrected chi connectivity index (χ1v) is 13.7. The van der Waals surface area contributed by atoms with Crippen molar-refractivity contribution in [1.82, 2.24) is 9.78 Å². The molecule has 0 saturated heterocycles. The molecule has 3 N–H and O–H groups in total. The summed E-state index contributed by atoms with van der Waals surface area (Å²) >= 11 is 0. The Labute approximate surface area is 261 Å². The lowest BCUT2D eigenvalue weighted by molar-refractivity contribution is -0.192. The van der Waals surface area contributed by atoms with Crippen molar-refractivity contribution in [1.29, 1.82) is 0 Å². The van der Waals surface area contributed by atoms with Crippen LogP contribution >= 0.6 is 0 Å². The molecule has 0 aliphatic carbocycles. The third kappa shape index (κ3) is 7.73. The fraction of sp³-hybridized carbons (Fsp3) is 0.212. The molecule has 4 rings (SSSR count). The predicted molar refractivity (Wildman–Crippen MR) is 168 cm³/mol. The summed E-state index contributed by atoms with van der Waals surface area (Å²) in [5.41, 5.74) is 4.30. The van der Waals surface area contributed by atoms with E-state index >= 15 is 0 Å². The Hall–Kier alpha value is -5.59. The third-order valence-electron chi connectivity index (χ3n) is 6.73. The number of methoxy groups -OCH3 is 1. The van der Waals surface area contributed by atoms with Crippen LogP contribution in [0.2, 0.25) is 0 Å². The summed E-state index contributed by atoms with van der Waals surface area (Å²) in [4.78, 5) is 34.2. The van der Waals surface area contributed by atoms with Gasteiger partial charge in [-0.15, -0.1) is 0 Å². The molecule has 2 heterocycles. The molecule has 0 spiro atoms. The maximum atomic E-state index is 13.6. The molecule has 46 heavy (non-hydrogen) atoms. The van der Waals surface area contributed by atoms with E-state index in [2.05, 4.69) is 17.0 Å². The van der Waals surface area contributed by atoms with Gasteiger partial charge in [-0.3, -0.25) is 4.79 Å². The van der Waals surface area contributed by atoms with E-state index in [4.69, 9.17) is 19.1 Å². The van der Waals surface area contributed by atoms with E-state index in [0.717, 1.165) is 11.1 Å². The van der Waals surface area contributed by atoms with E-state index in [9.17, 15) is 27.9 Å². The molecule has 0 bridgehead atoms. The second-order valence-corrected chi connectivity index (χ2v) is 9.95. The molecule has 13 heteroatoms. The average molecular weight is 640 g/mol. The first kappa shape index (κ1) is 34.9. The van der Waals surface area contributed by atoms with Gasteiger partial charge in [0.05, 0.1) is 35.9 Å². The van der Waals surface area contributed by atoms with Crippen LogP contribution in [0.3, 0.4) is 0 Å². The summed E-state index contributed by atoms with van der Waals surface area (Å²) in [6, 6.07) is 10.1. The average Bonchev–Trinajstić information content (AvgIpc) is 3.48. The first-order valence-electron chi connectivity index (χ1n) is 13.7. The number of halogens is 3. The molecule has 0 amide bonds. The fourth-order valence-electron chi connectivity index (χ4n) is 4.60. The zero-order chi connectivity index (χ0) is 34.3. The highest BCUT2D eigenvalue weighted by atomic mass is 19.4. The number of rotatable bonds is 9. The minimum atomic E-state index is -5.08. The van der Waals surface area contributed by atoms with Gasteiger partial charge in [-0.2, -0.15) is 18.3 Å². The Morgan fingerprint density at radius 2 is 1.83 bits per heavy atom. The largest absolute Gasteiger partial charge is 0.495 e. The number of fused-ring (bicyclic) bond motifs is 1. The molecule has 1 unspecified atom stereocenters. The molecule has 0 aliphatic rings. The van der Waals surface area contributed by atoms with Crippen molar-refractivity contribution < 1.29 is 42.1 Å². The van der Waals surface area contributed by atoms with Crippen LogP contribution in [-0.4, -0.2) is 45.2 Å². The lowest BCUT2D eigenvalue weighted by Gasteiger charge is -2.19. The number of hydrogen-bond acceptors (Lipinski definition) is 7. The molecule has 0 aliphatic heterocycles. The SMILES string of the molecule is C=C/C=C(\C(=C/C)OC)n1cc(-c2oc3c(C(C)Nc4ccccc4C(=O)O)cc(C)cc3c(=O)c2C)cn1.O=C(O)C(F)(F)F. The maximum Gasteiger partial charge on any atom is 0.490 e. The van der Waals surface area contributed by atoms with E-state index in [-0.39, 0.29) is 17.0 Å². The standard InChI is InChI=1S/C31H31N3O5.C2HF3O2/c1-7-11-26(27(8-2)38-6)34-17-21(16-32-34)29-19(4)28(35)24-15-18(3)14-23(30(24)39-29)20(5)33-25-13-10-9-12-22(25)31(36)37;3-2(4,5)1(6)7/h7-17,20,33H,1H2,2-6H3,(H,36,37);(H,6,7)/b26-11+,27-8+;. The number of nitrogens with one attached hydrogen (secondary N) is 1. The number of alkyl halides is 3. The number of carboxylic acid groups (broad SMARTS) is 2. The number of para-hydroxylation sites is 1. The molecular weight excluding hydrogens is 607 g/mol. The fourth-order valence-corrected chi connectivity index (χ4v) is 4.60. The van der Waals surface area contributed by atoms with Crippen LogP contribution in [-0.2, 0) is 9.53 Å². The zero-order valence-corrected chi connectivity index (χ0v) is 25.6. The lowest BCUT2D eigenvalue weighted by atomic mass is 9.99. The second-order valence-electron chi connectivity index (χ2n) is 9.95. The van der Waals surface area contributed by atoms with Crippen molar-refractivity contribution in [2.75, 3.05) is 12.4 Å². The van der Waals surface area contributed by atoms with Gasteiger partial charge in [0.2, 0.25) is 0 Å². The van der Waals surface area contributed by atoms with Gasteiger partial charge in [0, 0.05) is 23.0 Å². The van der Waals surface area contributed by atoms with Gasteiger partial charge in [0.1, 0.15) is 22.8 Å². The van der Waals surface area contributed by atoms with Crippen molar-refractivity contribution in [2.24, 2.45) is 0 Å². The minimum Gasteiger partial charge on any atom is -0.495 e. The molecule has 10 nitrogen and oxygen atoms in total. The number of ether oxygens (including phenoxy) is 1. The van der Waals surface area contributed by atoms with E-state index in [1.807, 2.05) is 39.0 Å². The molecule has 4 aromatic rings. The summed E-state index contributed by atoms with van der Waals surface area (Å²) in [7, 11) is 1.58.